The SMILES string of the molecule is COC(=O)c1c(F)cc2c(nc(C)c(=O)n2F)c1F. The van der Waals surface area contributed by atoms with Crippen LogP contribution in [0.3, 0.4) is 0 Å². The molecule has 5 nitrogen and oxygen atoms in total. The second-order valence-electron chi connectivity index (χ2n) is 3.69. The predicted octanol–water partition coefficient (Wildman–Crippen LogP) is 1.50. The number of halogens is 3. The molecular weight excluding hydrogens is 265 g/mol. The Labute approximate surface area is 104 Å². The van der Waals surface area contributed by atoms with Gasteiger partial charge in [-0.15, -0.1) is 4.79 Å². The molecule has 100 valence electrons. The Balaban J connectivity index is 2.97. The van der Waals surface area contributed by atoms with Gasteiger partial charge in [0.25, 0.3) is 5.56 Å². The van der Waals surface area contributed by atoms with Crippen LogP contribution in [0, 0.1) is 18.6 Å². The summed E-state index contributed by atoms with van der Waals surface area (Å²) in [4.78, 5) is 25.6. The van der Waals surface area contributed by atoms with Crippen LogP contribution in [0.5, 0.6) is 0 Å². The van der Waals surface area contributed by atoms with Crippen LogP contribution < -0.4 is 5.56 Å². The molecule has 19 heavy (non-hydrogen) atoms. The molecule has 8 heteroatoms. The quantitative estimate of drug-likeness (QED) is 0.738. The number of hydrogen-bond acceptors (Lipinski definition) is 4. The first-order valence-corrected chi connectivity index (χ1v) is 5.04. The summed E-state index contributed by atoms with van der Waals surface area (Å²) in [6.45, 7) is 1.17. The van der Waals surface area contributed by atoms with Crippen LogP contribution in [-0.2, 0) is 4.74 Å². The molecule has 2 rings (SSSR count). The van der Waals surface area contributed by atoms with Crippen molar-refractivity contribution < 1.29 is 22.8 Å². The van der Waals surface area contributed by atoms with E-state index in [2.05, 4.69) is 9.72 Å². The third-order valence-electron chi connectivity index (χ3n) is 2.54. The van der Waals surface area contributed by atoms with E-state index in [0.717, 1.165) is 7.11 Å². The van der Waals surface area contributed by atoms with Gasteiger partial charge in [0.05, 0.1) is 7.11 Å². The van der Waals surface area contributed by atoms with E-state index < -0.39 is 44.5 Å². The Hall–Kier alpha value is -2.38. The Morgan fingerprint density at radius 2 is 2.05 bits per heavy atom. The van der Waals surface area contributed by atoms with Gasteiger partial charge in [0.1, 0.15) is 28.1 Å². The maximum absolute atomic E-state index is 14.0. The first-order chi connectivity index (χ1) is 8.88. The number of aryl methyl sites for hydroxylation is 1. The van der Waals surface area contributed by atoms with Gasteiger partial charge >= 0.3 is 5.97 Å². The van der Waals surface area contributed by atoms with Gasteiger partial charge in [0.2, 0.25) is 0 Å². The summed E-state index contributed by atoms with van der Waals surface area (Å²) in [5.74, 6) is -3.97. The molecule has 0 atom stereocenters. The van der Waals surface area contributed by atoms with Crippen LogP contribution in [-0.4, -0.2) is 22.9 Å². The van der Waals surface area contributed by atoms with Gasteiger partial charge < -0.3 is 4.74 Å². The zero-order chi connectivity index (χ0) is 14.3. The summed E-state index contributed by atoms with van der Waals surface area (Å²) >= 11 is 0. The van der Waals surface area contributed by atoms with E-state index in [1.54, 1.807) is 0 Å². The monoisotopic (exact) mass is 272 g/mol. The van der Waals surface area contributed by atoms with Crippen molar-refractivity contribution in [2.24, 2.45) is 0 Å². The van der Waals surface area contributed by atoms with Crippen LogP contribution in [0.15, 0.2) is 10.9 Å². The number of carbonyl (C=O) groups excluding carboxylic acids is 1. The van der Waals surface area contributed by atoms with Crippen molar-refractivity contribution in [3.8, 4) is 0 Å². The Morgan fingerprint density at radius 1 is 1.42 bits per heavy atom. The molecule has 0 fully saturated rings. The highest BCUT2D eigenvalue weighted by Crippen LogP contribution is 2.22. The van der Waals surface area contributed by atoms with Gasteiger partial charge in [-0.05, 0) is 6.92 Å². The molecule has 0 aliphatic rings. The van der Waals surface area contributed by atoms with Gasteiger partial charge in [0, 0.05) is 6.07 Å². The second-order valence-corrected chi connectivity index (χ2v) is 3.69. The highest BCUT2D eigenvalue weighted by Gasteiger charge is 2.24. The minimum atomic E-state index is -1.38. The van der Waals surface area contributed by atoms with Crippen molar-refractivity contribution in [3.05, 3.63) is 39.3 Å². The third kappa shape index (κ3) is 1.85. The second kappa shape index (κ2) is 4.38. The first-order valence-electron chi connectivity index (χ1n) is 5.04. The molecule has 0 aliphatic carbocycles. The summed E-state index contributed by atoms with van der Waals surface area (Å²) in [7, 11) is 0.945. The average molecular weight is 272 g/mol. The number of carbonyl (C=O) groups is 1. The zero-order valence-electron chi connectivity index (χ0n) is 9.83. The molecule has 0 spiro atoms. The van der Waals surface area contributed by atoms with E-state index >= 15 is 0 Å². The fourth-order valence-electron chi connectivity index (χ4n) is 1.61. The lowest BCUT2D eigenvalue weighted by Crippen LogP contribution is -2.20. The number of methoxy groups -OCH3 is 1. The number of esters is 1. The lowest BCUT2D eigenvalue weighted by Gasteiger charge is -2.07. The fourth-order valence-corrected chi connectivity index (χ4v) is 1.61. The van der Waals surface area contributed by atoms with Crippen LogP contribution in [0.25, 0.3) is 11.0 Å². The number of benzene rings is 1. The molecule has 0 unspecified atom stereocenters. The number of hydrogen-bond donors (Lipinski definition) is 0. The zero-order valence-corrected chi connectivity index (χ0v) is 9.83. The maximum Gasteiger partial charge on any atom is 0.343 e. The highest BCUT2D eigenvalue weighted by atomic mass is 19.2. The molecule has 0 bridgehead atoms. The number of fused-ring (bicyclic) bond motifs is 1. The molecule has 2 aromatic rings. The molecule has 0 N–H and O–H groups in total. The van der Waals surface area contributed by atoms with Gasteiger partial charge in [-0.1, -0.05) is 4.48 Å². The maximum atomic E-state index is 14.0. The Bertz CT molecular complexity index is 755. The lowest BCUT2D eigenvalue weighted by atomic mass is 10.1. The van der Waals surface area contributed by atoms with Gasteiger partial charge in [-0.2, -0.15) is 0 Å². The van der Waals surface area contributed by atoms with Gasteiger partial charge in [-0.25, -0.2) is 18.6 Å². The first kappa shape index (κ1) is 13.1. The number of aromatic nitrogens is 2. The molecule has 1 heterocycles. The smallest absolute Gasteiger partial charge is 0.343 e. The Morgan fingerprint density at radius 3 is 2.63 bits per heavy atom. The molecule has 0 radical (unpaired) electrons. The van der Waals surface area contributed by atoms with Crippen LogP contribution >= 0.6 is 0 Å². The molecular formula is C11H7F3N2O3. The summed E-state index contributed by atoms with van der Waals surface area (Å²) in [6.07, 6.45) is 0. The van der Waals surface area contributed by atoms with Crippen molar-refractivity contribution >= 4 is 17.0 Å². The topological polar surface area (TPSA) is 61.2 Å². The minimum absolute atomic E-state index is 0.323. The minimum Gasteiger partial charge on any atom is -0.465 e. The molecule has 1 aromatic carbocycles. The summed E-state index contributed by atoms with van der Waals surface area (Å²) in [6, 6.07) is 0.512. The van der Waals surface area contributed by atoms with Crippen molar-refractivity contribution in [2.45, 2.75) is 6.92 Å². The summed E-state index contributed by atoms with van der Waals surface area (Å²) in [5.41, 5.74) is -3.76. The predicted molar refractivity (Wildman–Crippen MR) is 58.5 cm³/mol. The lowest BCUT2D eigenvalue weighted by molar-refractivity contribution is 0.0590. The van der Waals surface area contributed by atoms with E-state index in [4.69, 9.17) is 0 Å². The standard InChI is InChI=1S/C11H7F3N2O3/c1-4-10(17)16(14)6-3-5(12)7(11(18)19-2)8(13)9(6)15-4/h3H,1-2H3. The highest BCUT2D eigenvalue weighted by molar-refractivity contribution is 5.94. The van der Waals surface area contributed by atoms with E-state index in [1.165, 1.54) is 6.92 Å². The summed E-state index contributed by atoms with van der Waals surface area (Å²) in [5, 5.41) is 0. The van der Waals surface area contributed by atoms with Crippen molar-refractivity contribution in [1.82, 2.24) is 9.77 Å². The van der Waals surface area contributed by atoms with E-state index in [0.29, 0.717) is 6.07 Å². The van der Waals surface area contributed by atoms with Gasteiger partial charge in [0.15, 0.2) is 5.82 Å². The molecule has 0 saturated heterocycles. The van der Waals surface area contributed by atoms with Gasteiger partial charge in [-0.3, -0.25) is 4.79 Å². The van der Waals surface area contributed by atoms with Crippen LogP contribution in [0.1, 0.15) is 16.1 Å². The number of nitrogens with zero attached hydrogens (tertiary/aromatic N) is 2. The number of ether oxygens (including phenoxy) is 1. The normalized spacial score (nSPS) is 10.8. The van der Waals surface area contributed by atoms with Crippen molar-refractivity contribution in [1.29, 1.82) is 0 Å². The van der Waals surface area contributed by atoms with Crippen molar-refractivity contribution in [2.75, 3.05) is 7.11 Å². The number of rotatable bonds is 1. The van der Waals surface area contributed by atoms with Crippen molar-refractivity contribution in [3.63, 3.8) is 0 Å². The van der Waals surface area contributed by atoms with E-state index in [1.807, 2.05) is 0 Å². The molecule has 1 aromatic heterocycles. The molecule has 0 aliphatic heterocycles. The summed E-state index contributed by atoms with van der Waals surface area (Å²) < 4.78 is 45.3. The van der Waals surface area contributed by atoms with Crippen LogP contribution in [0.2, 0.25) is 0 Å². The largest absolute Gasteiger partial charge is 0.465 e. The third-order valence-corrected chi connectivity index (χ3v) is 2.54. The van der Waals surface area contributed by atoms with Crippen LogP contribution in [0.4, 0.5) is 13.3 Å². The average Bonchev–Trinajstić information content (AvgIpc) is 2.37. The fraction of sp³-hybridized carbons (Fsp3) is 0.182. The molecule has 0 saturated carbocycles. The molecule has 0 amide bonds. The van der Waals surface area contributed by atoms with E-state index in [9.17, 15) is 22.9 Å². The Kier molecular flexibility index (Phi) is 3.01. The van der Waals surface area contributed by atoms with E-state index in [-0.39, 0.29) is 5.69 Å².